The number of hydrogen-bond acceptors (Lipinski definition) is 1. The van der Waals surface area contributed by atoms with Crippen molar-refractivity contribution < 1.29 is 13.9 Å². The maximum Gasteiger partial charge on any atom is 0.133 e. The molecule has 0 aliphatic carbocycles. The molecule has 66 valence electrons. The third-order valence-electron chi connectivity index (χ3n) is 1.89. The fourth-order valence-corrected chi connectivity index (χ4v) is 1.10. The van der Waals surface area contributed by atoms with Gasteiger partial charge in [-0.05, 0) is 13.3 Å². The number of phenolic OH excluding ortho intramolecular Hbond substituents is 1. The standard InChI is InChI=1S/C9H10F2O/c1-3-6-8(11)4-7(10)5(2)9(6)12/h4,12H,3H2,1-2H3. The molecule has 0 atom stereocenters. The number of aromatic hydroxyl groups is 1. The van der Waals surface area contributed by atoms with Crippen LogP contribution in [0.25, 0.3) is 0 Å². The van der Waals surface area contributed by atoms with Gasteiger partial charge in [-0.25, -0.2) is 8.78 Å². The molecule has 0 saturated carbocycles. The smallest absolute Gasteiger partial charge is 0.133 e. The molecule has 1 rings (SSSR count). The molecule has 1 nitrogen and oxygen atoms in total. The van der Waals surface area contributed by atoms with E-state index in [1.165, 1.54) is 6.92 Å². The van der Waals surface area contributed by atoms with Gasteiger partial charge in [-0.2, -0.15) is 0 Å². The molecule has 1 aromatic rings. The molecular weight excluding hydrogens is 162 g/mol. The molecule has 3 heteroatoms. The molecule has 0 heterocycles. The predicted molar refractivity (Wildman–Crippen MR) is 42.1 cm³/mol. The highest BCUT2D eigenvalue weighted by Crippen LogP contribution is 2.27. The number of hydrogen-bond donors (Lipinski definition) is 1. The Morgan fingerprint density at radius 3 is 2.42 bits per heavy atom. The summed E-state index contributed by atoms with van der Waals surface area (Å²) in [4.78, 5) is 0. The van der Waals surface area contributed by atoms with Gasteiger partial charge in [0.2, 0.25) is 0 Å². The lowest BCUT2D eigenvalue weighted by Gasteiger charge is -2.06. The van der Waals surface area contributed by atoms with Gasteiger partial charge < -0.3 is 5.11 Å². The van der Waals surface area contributed by atoms with Gasteiger partial charge in [0.05, 0.1) is 0 Å². The van der Waals surface area contributed by atoms with Crippen molar-refractivity contribution in [3.05, 3.63) is 28.8 Å². The van der Waals surface area contributed by atoms with Crippen molar-refractivity contribution in [1.82, 2.24) is 0 Å². The normalized spacial score (nSPS) is 10.3. The second-order valence-corrected chi connectivity index (χ2v) is 2.65. The van der Waals surface area contributed by atoms with Gasteiger partial charge in [0.1, 0.15) is 17.4 Å². The number of phenols is 1. The molecule has 1 N–H and O–H groups in total. The Morgan fingerprint density at radius 2 is 1.92 bits per heavy atom. The first-order valence-corrected chi connectivity index (χ1v) is 3.74. The first kappa shape index (κ1) is 8.97. The summed E-state index contributed by atoms with van der Waals surface area (Å²) >= 11 is 0. The zero-order valence-corrected chi connectivity index (χ0v) is 6.99. The Kier molecular flexibility index (Phi) is 2.31. The van der Waals surface area contributed by atoms with Crippen molar-refractivity contribution in [2.24, 2.45) is 0 Å². The Bertz CT molecular complexity index is 308. The molecular formula is C9H10F2O. The molecule has 12 heavy (non-hydrogen) atoms. The molecule has 0 aliphatic heterocycles. The van der Waals surface area contributed by atoms with Crippen LogP contribution in [-0.2, 0) is 6.42 Å². The number of benzene rings is 1. The summed E-state index contributed by atoms with van der Waals surface area (Å²) < 4.78 is 25.6. The van der Waals surface area contributed by atoms with Crippen molar-refractivity contribution in [2.75, 3.05) is 0 Å². The van der Waals surface area contributed by atoms with Crippen molar-refractivity contribution in [3.63, 3.8) is 0 Å². The van der Waals surface area contributed by atoms with Crippen molar-refractivity contribution in [1.29, 1.82) is 0 Å². The summed E-state index contributed by atoms with van der Waals surface area (Å²) in [5.41, 5.74) is 0.280. The van der Waals surface area contributed by atoms with Gasteiger partial charge in [-0.3, -0.25) is 0 Å². The highest BCUT2D eigenvalue weighted by atomic mass is 19.1. The molecule has 0 aliphatic rings. The Morgan fingerprint density at radius 1 is 1.33 bits per heavy atom. The first-order valence-electron chi connectivity index (χ1n) is 3.74. The van der Waals surface area contributed by atoms with Crippen LogP contribution in [0.3, 0.4) is 0 Å². The summed E-state index contributed by atoms with van der Waals surface area (Å²) in [5.74, 6) is -1.66. The molecule has 0 unspecified atom stereocenters. The summed E-state index contributed by atoms with van der Waals surface area (Å²) in [7, 11) is 0. The second kappa shape index (κ2) is 3.09. The molecule has 0 saturated heterocycles. The van der Waals surface area contributed by atoms with Gasteiger partial charge >= 0.3 is 0 Å². The third-order valence-corrected chi connectivity index (χ3v) is 1.89. The lowest BCUT2D eigenvalue weighted by atomic mass is 10.1. The lowest BCUT2D eigenvalue weighted by Crippen LogP contribution is -1.94. The van der Waals surface area contributed by atoms with E-state index < -0.39 is 11.6 Å². The fourth-order valence-electron chi connectivity index (χ4n) is 1.10. The SMILES string of the molecule is CCc1c(F)cc(F)c(C)c1O. The van der Waals surface area contributed by atoms with E-state index in [4.69, 9.17) is 0 Å². The average molecular weight is 172 g/mol. The molecule has 0 radical (unpaired) electrons. The van der Waals surface area contributed by atoms with Crippen LogP contribution in [0.1, 0.15) is 18.1 Å². The van der Waals surface area contributed by atoms with E-state index in [1.807, 2.05) is 0 Å². The average Bonchev–Trinajstić information content (AvgIpc) is 2.01. The van der Waals surface area contributed by atoms with Gasteiger partial charge in [-0.1, -0.05) is 6.92 Å². The van der Waals surface area contributed by atoms with E-state index in [0.29, 0.717) is 6.42 Å². The summed E-state index contributed by atoms with van der Waals surface area (Å²) in [5, 5.41) is 9.28. The first-order chi connectivity index (χ1) is 5.57. The highest BCUT2D eigenvalue weighted by Gasteiger charge is 2.12. The summed E-state index contributed by atoms with van der Waals surface area (Å²) in [6.45, 7) is 3.12. The molecule has 0 aromatic heterocycles. The molecule has 0 fully saturated rings. The minimum atomic E-state index is -0.706. The van der Waals surface area contributed by atoms with Crippen LogP contribution in [0.4, 0.5) is 8.78 Å². The number of halogens is 2. The van der Waals surface area contributed by atoms with Crippen molar-refractivity contribution in [3.8, 4) is 5.75 Å². The van der Waals surface area contributed by atoms with Crippen molar-refractivity contribution >= 4 is 0 Å². The lowest BCUT2D eigenvalue weighted by molar-refractivity contribution is 0.444. The van der Waals surface area contributed by atoms with E-state index in [1.54, 1.807) is 6.92 Å². The van der Waals surface area contributed by atoms with Crippen LogP contribution in [-0.4, -0.2) is 5.11 Å². The van der Waals surface area contributed by atoms with Gasteiger partial charge in [0.15, 0.2) is 0 Å². The molecule has 0 bridgehead atoms. The van der Waals surface area contributed by atoms with Crippen LogP contribution in [0.2, 0.25) is 0 Å². The maximum absolute atomic E-state index is 12.9. The van der Waals surface area contributed by atoms with Crippen LogP contribution in [0, 0.1) is 18.6 Å². The molecule has 0 spiro atoms. The zero-order valence-electron chi connectivity index (χ0n) is 6.99. The van der Waals surface area contributed by atoms with E-state index in [2.05, 4.69) is 0 Å². The van der Waals surface area contributed by atoms with E-state index in [9.17, 15) is 13.9 Å². The highest BCUT2D eigenvalue weighted by molar-refractivity contribution is 5.41. The summed E-state index contributed by atoms with van der Waals surface area (Å²) in [6, 6.07) is 0.799. The van der Waals surface area contributed by atoms with Crippen LogP contribution < -0.4 is 0 Å². The van der Waals surface area contributed by atoms with Crippen LogP contribution in [0.15, 0.2) is 6.07 Å². The number of rotatable bonds is 1. The topological polar surface area (TPSA) is 20.2 Å². The van der Waals surface area contributed by atoms with E-state index >= 15 is 0 Å². The summed E-state index contributed by atoms with van der Waals surface area (Å²) in [6.07, 6.45) is 0.360. The van der Waals surface area contributed by atoms with Gasteiger partial charge in [0, 0.05) is 17.2 Å². The van der Waals surface area contributed by atoms with Crippen molar-refractivity contribution in [2.45, 2.75) is 20.3 Å². The molecule has 1 aromatic carbocycles. The minimum Gasteiger partial charge on any atom is -0.507 e. The van der Waals surface area contributed by atoms with Crippen LogP contribution >= 0.6 is 0 Å². The quantitative estimate of drug-likeness (QED) is 0.690. The minimum absolute atomic E-state index is 0.105. The maximum atomic E-state index is 12.9. The Balaban J connectivity index is 3.40. The second-order valence-electron chi connectivity index (χ2n) is 2.65. The van der Waals surface area contributed by atoms with Gasteiger partial charge in [0.25, 0.3) is 0 Å². The monoisotopic (exact) mass is 172 g/mol. The molecule has 0 amide bonds. The third kappa shape index (κ3) is 1.26. The van der Waals surface area contributed by atoms with Crippen LogP contribution in [0.5, 0.6) is 5.75 Å². The largest absolute Gasteiger partial charge is 0.507 e. The van der Waals surface area contributed by atoms with E-state index in [-0.39, 0.29) is 16.9 Å². The fraction of sp³-hybridized carbons (Fsp3) is 0.333. The Hall–Kier alpha value is -1.12. The zero-order chi connectivity index (χ0) is 9.30. The predicted octanol–water partition coefficient (Wildman–Crippen LogP) is 2.54. The Labute approximate surface area is 69.7 Å². The van der Waals surface area contributed by atoms with E-state index in [0.717, 1.165) is 6.07 Å². The van der Waals surface area contributed by atoms with Gasteiger partial charge in [-0.15, -0.1) is 0 Å².